The number of nitrogens with one attached hydrogen (secondary N) is 3. The minimum atomic E-state index is -4.94. The number of benzene rings is 2. The molecule has 0 saturated carbocycles. The summed E-state index contributed by atoms with van der Waals surface area (Å²) >= 11 is 0. The van der Waals surface area contributed by atoms with E-state index in [0.717, 1.165) is 4.90 Å². The van der Waals surface area contributed by atoms with Gasteiger partial charge in [0.1, 0.15) is 11.9 Å². The largest absolute Gasteiger partial charge is 0.416 e. The normalized spacial score (nSPS) is 18.5. The molecule has 0 spiro atoms. The third-order valence-corrected chi connectivity index (χ3v) is 8.36. The van der Waals surface area contributed by atoms with E-state index in [1.807, 2.05) is 0 Å². The molecule has 12 nitrogen and oxygen atoms in total. The molecule has 18 heteroatoms. The highest BCUT2D eigenvalue weighted by Crippen LogP contribution is 2.39. The van der Waals surface area contributed by atoms with Crippen molar-refractivity contribution < 1.29 is 45.5 Å². The lowest BCUT2D eigenvalue weighted by Crippen LogP contribution is -2.54. The third-order valence-electron chi connectivity index (χ3n) is 8.36. The zero-order chi connectivity index (χ0) is 35.1. The van der Waals surface area contributed by atoms with Crippen molar-refractivity contribution in [1.82, 2.24) is 20.2 Å². The molecule has 0 radical (unpaired) electrons. The van der Waals surface area contributed by atoms with Crippen LogP contribution in [0.5, 0.6) is 0 Å². The van der Waals surface area contributed by atoms with Gasteiger partial charge in [0.15, 0.2) is 0 Å². The summed E-state index contributed by atoms with van der Waals surface area (Å²) in [5.74, 6) is -1.67. The fourth-order valence-corrected chi connectivity index (χ4v) is 5.93. The maximum Gasteiger partial charge on any atom is 0.416 e. The molecular weight excluding hydrogens is 662 g/mol. The maximum atomic E-state index is 13.3. The van der Waals surface area contributed by atoms with E-state index in [9.17, 15) is 45.5 Å². The summed E-state index contributed by atoms with van der Waals surface area (Å²) in [5.41, 5.74) is -2.27. The second-order valence-electron chi connectivity index (χ2n) is 11.5. The Morgan fingerprint density at radius 3 is 2.12 bits per heavy atom. The summed E-state index contributed by atoms with van der Waals surface area (Å²) in [7, 11) is 0. The van der Waals surface area contributed by atoms with Gasteiger partial charge in [-0.15, -0.1) is 0 Å². The van der Waals surface area contributed by atoms with Crippen LogP contribution >= 0.6 is 0 Å². The van der Waals surface area contributed by atoms with Crippen molar-refractivity contribution in [3.63, 3.8) is 0 Å². The molecule has 2 aromatic carbocycles. The van der Waals surface area contributed by atoms with Gasteiger partial charge in [-0.2, -0.15) is 31.3 Å². The average Bonchev–Trinajstić information content (AvgIpc) is 3.32. The number of hydrogen-bond acceptors (Lipinski definition) is 10. The van der Waals surface area contributed by atoms with Gasteiger partial charge in [0, 0.05) is 63.3 Å². The standard InChI is InChI=1S/C31H28F6N8O4/c32-30(33,34)17-14-18(31(35,36)37)16-19(15-17)43-10-12-44(13-11-43)29-40-7-6-23(41-29)39-9-8-38-21-3-1-2-20-25(21)28(49)45(27(20)48)22-4-5-24(46)42-26(22)47/h1-3,6-7,14-16,22,38H,4-5,8-13H2,(H,39,40,41)(H,42,46,47). The molecule has 1 aromatic heterocycles. The van der Waals surface area contributed by atoms with E-state index >= 15 is 0 Å². The van der Waals surface area contributed by atoms with Crippen LogP contribution in [0.4, 0.5) is 49.5 Å². The quantitative estimate of drug-likeness (QED) is 0.182. The van der Waals surface area contributed by atoms with Crippen LogP contribution < -0.4 is 25.8 Å². The molecule has 1 unspecified atom stereocenters. The maximum absolute atomic E-state index is 13.3. The summed E-state index contributed by atoms with van der Waals surface area (Å²) in [6, 6.07) is 6.78. The van der Waals surface area contributed by atoms with Crippen molar-refractivity contribution in [3.8, 4) is 0 Å². The molecule has 6 rings (SSSR count). The predicted molar refractivity (Wildman–Crippen MR) is 163 cm³/mol. The molecule has 0 aliphatic carbocycles. The summed E-state index contributed by atoms with van der Waals surface area (Å²) < 4.78 is 80.0. The number of piperazine rings is 1. The van der Waals surface area contributed by atoms with Gasteiger partial charge in [0.25, 0.3) is 11.8 Å². The van der Waals surface area contributed by atoms with Crippen LogP contribution in [0, 0.1) is 0 Å². The number of amides is 4. The van der Waals surface area contributed by atoms with Crippen LogP contribution in [0.1, 0.15) is 44.7 Å². The van der Waals surface area contributed by atoms with Gasteiger partial charge in [0.05, 0.1) is 22.3 Å². The van der Waals surface area contributed by atoms with E-state index in [1.165, 1.54) is 17.2 Å². The molecule has 3 aliphatic heterocycles. The van der Waals surface area contributed by atoms with Crippen molar-refractivity contribution in [2.45, 2.75) is 31.2 Å². The lowest BCUT2D eigenvalue weighted by Gasteiger charge is -2.36. The Kier molecular flexibility index (Phi) is 8.81. The third kappa shape index (κ3) is 6.93. The molecule has 2 saturated heterocycles. The van der Waals surface area contributed by atoms with Crippen LogP contribution in [-0.2, 0) is 21.9 Å². The highest BCUT2D eigenvalue weighted by Gasteiger charge is 2.45. The summed E-state index contributed by atoms with van der Waals surface area (Å²) in [4.78, 5) is 63.1. The molecule has 4 heterocycles. The van der Waals surface area contributed by atoms with E-state index in [-0.39, 0.29) is 68.4 Å². The van der Waals surface area contributed by atoms with Crippen LogP contribution in [-0.4, -0.2) is 83.8 Å². The van der Waals surface area contributed by atoms with Crippen LogP contribution in [0.25, 0.3) is 0 Å². The first-order valence-electron chi connectivity index (χ1n) is 15.2. The zero-order valence-corrected chi connectivity index (χ0v) is 25.5. The molecule has 3 N–H and O–H groups in total. The van der Waals surface area contributed by atoms with Gasteiger partial charge < -0.3 is 20.4 Å². The minimum Gasteiger partial charge on any atom is -0.383 e. The number of piperidine rings is 1. The second-order valence-corrected chi connectivity index (χ2v) is 11.5. The molecule has 49 heavy (non-hydrogen) atoms. The molecule has 3 aliphatic rings. The van der Waals surface area contributed by atoms with Crippen LogP contribution in [0.15, 0.2) is 48.7 Å². The van der Waals surface area contributed by atoms with Gasteiger partial charge in [0.2, 0.25) is 17.8 Å². The first kappa shape index (κ1) is 33.5. The smallest absolute Gasteiger partial charge is 0.383 e. The van der Waals surface area contributed by atoms with Gasteiger partial charge in [-0.05, 0) is 42.8 Å². The van der Waals surface area contributed by atoms with Crippen LogP contribution in [0.3, 0.4) is 0 Å². The first-order valence-corrected chi connectivity index (χ1v) is 15.2. The molecule has 3 aromatic rings. The summed E-state index contributed by atoms with van der Waals surface area (Å²) in [6.45, 7) is 1.34. The van der Waals surface area contributed by atoms with Gasteiger partial charge in [-0.3, -0.25) is 29.4 Å². The fourth-order valence-electron chi connectivity index (χ4n) is 5.93. The predicted octanol–water partition coefficient (Wildman–Crippen LogP) is 3.77. The Morgan fingerprint density at radius 1 is 0.816 bits per heavy atom. The molecule has 1 atom stereocenters. The number of carbonyl (C=O) groups excluding carboxylic acids is 4. The average molecular weight is 691 g/mol. The number of aromatic nitrogens is 2. The molecule has 4 amide bonds. The Hall–Kier alpha value is -5.42. The number of imide groups is 2. The lowest BCUT2D eigenvalue weighted by atomic mass is 10.0. The number of rotatable bonds is 8. The number of alkyl halides is 6. The van der Waals surface area contributed by atoms with E-state index < -0.39 is 53.2 Å². The van der Waals surface area contributed by atoms with Gasteiger partial charge in [-0.25, -0.2) is 4.98 Å². The Morgan fingerprint density at radius 2 is 1.47 bits per heavy atom. The van der Waals surface area contributed by atoms with Gasteiger partial charge in [-0.1, -0.05) is 6.07 Å². The van der Waals surface area contributed by atoms with Gasteiger partial charge >= 0.3 is 12.4 Å². The van der Waals surface area contributed by atoms with E-state index in [4.69, 9.17) is 0 Å². The summed E-state index contributed by atoms with van der Waals surface area (Å²) in [5, 5.41) is 8.39. The topological polar surface area (TPSA) is 140 Å². The van der Waals surface area contributed by atoms with E-state index in [1.54, 1.807) is 23.1 Å². The van der Waals surface area contributed by atoms with Crippen molar-refractivity contribution in [1.29, 1.82) is 0 Å². The SMILES string of the molecule is O=C1CCC(N2C(=O)c3cccc(NCCNc4ccnc(N5CCN(c6cc(C(F)(F)F)cc(C(F)(F)F)c6)CC5)n4)c3C2=O)C(=O)N1. The van der Waals surface area contributed by atoms with Crippen molar-refractivity contribution in [2.24, 2.45) is 0 Å². The fraction of sp³-hybridized carbons (Fsp3) is 0.355. The number of hydrogen-bond donors (Lipinski definition) is 3. The molecule has 258 valence electrons. The summed E-state index contributed by atoms with van der Waals surface area (Å²) in [6.07, 6.45) is -8.33. The highest BCUT2D eigenvalue weighted by molar-refractivity contribution is 6.25. The Bertz CT molecular complexity index is 1780. The number of carbonyl (C=O) groups is 4. The number of anilines is 4. The monoisotopic (exact) mass is 690 g/mol. The lowest BCUT2D eigenvalue weighted by molar-refractivity contribution is -0.143. The molecular formula is C31H28F6N8O4. The molecule has 2 fully saturated rings. The zero-order valence-electron chi connectivity index (χ0n) is 25.5. The van der Waals surface area contributed by atoms with Crippen molar-refractivity contribution in [2.75, 3.05) is 59.7 Å². The number of fused-ring (bicyclic) bond motifs is 1. The minimum absolute atomic E-state index is 0.00743. The van der Waals surface area contributed by atoms with E-state index in [2.05, 4.69) is 25.9 Å². The highest BCUT2D eigenvalue weighted by atomic mass is 19.4. The number of nitrogens with zero attached hydrogens (tertiary/aromatic N) is 5. The molecule has 0 bridgehead atoms. The van der Waals surface area contributed by atoms with Crippen LogP contribution in [0.2, 0.25) is 0 Å². The second kappa shape index (κ2) is 12.9. The number of halogens is 6. The first-order chi connectivity index (χ1) is 23.2. The van der Waals surface area contributed by atoms with E-state index in [0.29, 0.717) is 36.1 Å². The van der Waals surface area contributed by atoms with Crippen molar-refractivity contribution >= 4 is 46.8 Å². The Balaban J connectivity index is 1.05. The van der Waals surface area contributed by atoms with Crippen molar-refractivity contribution in [3.05, 3.63) is 70.9 Å². The Labute approximate surface area is 274 Å².